The maximum atomic E-state index is 11.4. The monoisotopic (exact) mass is 350 g/mol. The zero-order valence-electron chi connectivity index (χ0n) is 15.1. The first-order valence-electron chi connectivity index (χ1n) is 8.98. The maximum absolute atomic E-state index is 11.4. The predicted molar refractivity (Wildman–Crippen MR) is 102 cm³/mol. The van der Waals surface area contributed by atoms with Gasteiger partial charge in [0.2, 0.25) is 0 Å². The van der Waals surface area contributed by atoms with E-state index in [1.807, 2.05) is 13.0 Å². The number of anilines is 1. The predicted octanol–water partition coefficient (Wildman–Crippen LogP) is 4.07. The van der Waals surface area contributed by atoms with Gasteiger partial charge in [0.1, 0.15) is 5.65 Å². The van der Waals surface area contributed by atoms with E-state index in [9.17, 15) is 10.1 Å². The largest absolute Gasteiger partial charge is 0.398 e. The first-order valence-corrected chi connectivity index (χ1v) is 8.98. The Labute approximate surface area is 151 Å². The number of para-hydroxylation sites is 1. The highest BCUT2D eigenvalue weighted by atomic mass is 16.6. The van der Waals surface area contributed by atoms with E-state index in [4.69, 9.17) is 10.7 Å². The summed E-state index contributed by atoms with van der Waals surface area (Å²) in [4.78, 5) is 16.0. The average Bonchev–Trinajstić information content (AvgIpc) is 2.87. The molecule has 0 aliphatic heterocycles. The molecule has 2 N–H and O–H groups in total. The van der Waals surface area contributed by atoms with Crippen LogP contribution in [0.25, 0.3) is 11.0 Å². The molecule has 6 heteroatoms. The number of fused-ring (bicyclic) bond motifs is 2. The maximum Gasteiger partial charge on any atom is 0.274 e. The summed E-state index contributed by atoms with van der Waals surface area (Å²) in [6, 6.07) is 6.88. The van der Waals surface area contributed by atoms with Gasteiger partial charge in [-0.2, -0.15) is 0 Å². The number of nitro groups is 1. The number of pyridine rings is 1. The fraction of sp³-hybridized carbons (Fsp3) is 0.350. The van der Waals surface area contributed by atoms with E-state index in [-0.39, 0.29) is 10.6 Å². The van der Waals surface area contributed by atoms with Gasteiger partial charge in [-0.25, -0.2) is 4.98 Å². The number of aryl methyl sites for hydroxylation is 2. The van der Waals surface area contributed by atoms with Gasteiger partial charge in [-0.15, -0.1) is 0 Å². The molecule has 0 bridgehead atoms. The van der Waals surface area contributed by atoms with Crippen molar-refractivity contribution in [2.45, 2.75) is 46.1 Å². The summed E-state index contributed by atoms with van der Waals surface area (Å²) in [5.74, 6) is 0. The van der Waals surface area contributed by atoms with Crippen LogP contribution in [0.3, 0.4) is 0 Å². The summed E-state index contributed by atoms with van der Waals surface area (Å²) in [6.45, 7) is 4.50. The van der Waals surface area contributed by atoms with Crippen molar-refractivity contribution in [1.82, 2.24) is 9.55 Å². The van der Waals surface area contributed by atoms with E-state index in [1.165, 1.54) is 5.56 Å². The van der Waals surface area contributed by atoms with Crippen LogP contribution in [-0.4, -0.2) is 14.5 Å². The van der Waals surface area contributed by atoms with Gasteiger partial charge in [0.25, 0.3) is 5.69 Å². The second-order valence-electron chi connectivity index (χ2n) is 7.04. The molecule has 2 aromatic heterocycles. The highest BCUT2D eigenvalue weighted by molar-refractivity contribution is 5.95. The minimum atomic E-state index is -0.327. The summed E-state index contributed by atoms with van der Waals surface area (Å²) in [5.41, 5.74) is 13.5. The van der Waals surface area contributed by atoms with Crippen LogP contribution in [0, 0.1) is 24.0 Å². The fourth-order valence-corrected chi connectivity index (χ4v) is 4.05. The molecule has 26 heavy (non-hydrogen) atoms. The van der Waals surface area contributed by atoms with Gasteiger partial charge in [0.05, 0.1) is 11.5 Å². The van der Waals surface area contributed by atoms with Crippen molar-refractivity contribution < 1.29 is 4.92 Å². The molecule has 2 heterocycles. The van der Waals surface area contributed by atoms with Gasteiger partial charge < -0.3 is 10.3 Å². The summed E-state index contributed by atoms with van der Waals surface area (Å²) in [6.07, 6.45) is 4.22. The average molecular weight is 350 g/mol. The number of rotatable bonds is 3. The van der Waals surface area contributed by atoms with Crippen molar-refractivity contribution in [3.05, 3.63) is 62.5 Å². The fourth-order valence-electron chi connectivity index (χ4n) is 4.05. The zero-order chi connectivity index (χ0) is 18.4. The Morgan fingerprint density at radius 3 is 2.73 bits per heavy atom. The molecule has 6 nitrogen and oxygen atoms in total. The molecule has 134 valence electrons. The number of benzene rings is 1. The molecule has 0 saturated carbocycles. The zero-order valence-corrected chi connectivity index (χ0v) is 15.1. The Bertz CT molecular complexity index is 1040. The molecular weight excluding hydrogens is 328 g/mol. The lowest BCUT2D eigenvalue weighted by Gasteiger charge is -2.18. The van der Waals surface area contributed by atoms with E-state index in [2.05, 4.69) is 11.5 Å². The Morgan fingerprint density at radius 2 is 1.96 bits per heavy atom. The molecule has 0 atom stereocenters. The van der Waals surface area contributed by atoms with Gasteiger partial charge in [-0.05, 0) is 50.7 Å². The summed E-state index contributed by atoms with van der Waals surface area (Å²) >= 11 is 0. The molecule has 0 amide bonds. The van der Waals surface area contributed by atoms with Gasteiger partial charge in [0, 0.05) is 34.1 Å². The lowest BCUT2D eigenvalue weighted by Crippen LogP contribution is -2.11. The molecule has 1 aromatic carbocycles. The van der Waals surface area contributed by atoms with Crippen LogP contribution in [0.4, 0.5) is 11.4 Å². The number of nitro benzene ring substituents is 1. The highest BCUT2D eigenvalue weighted by Crippen LogP contribution is 2.36. The normalized spacial score (nSPS) is 13.8. The molecule has 0 spiro atoms. The molecule has 1 aliphatic carbocycles. The van der Waals surface area contributed by atoms with Crippen LogP contribution in [0.2, 0.25) is 0 Å². The molecular formula is C20H22N4O2. The van der Waals surface area contributed by atoms with Crippen LogP contribution in [0.15, 0.2) is 24.3 Å². The quantitative estimate of drug-likeness (QED) is 0.570. The van der Waals surface area contributed by atoms with Crippen molar-refractivity contribution in [1.29, 1.82) is 0 Å². The standard InChI is InChI=1S/C20H22N4O2/c1-12-13(2)23(11-14-7-3-6-10-17(14)24(25)26)20-18(12)19(21)15-8-4-5-9-16(15)22-20/h3,6-7,10H,4-5,8-9,11H2,1-2H3,(H2,21,22). The summed E-state index contributed by atoms with van der Waals surface area (Å²) < 4.78 is 2.07. The molecule has 3 aromatic rings. The minimum Gasteiger partial charge on any atom is -0.398 e. The van der Waals surface area contributed by atoms with Crippen LogP contribution >= 0.6 is 0 Å². The van der Waals surface area contributed by atoms with Crippen molar-refractivity contribution in [3.8, 4) is 0 Å². The molecule has 0 saturated heterocycles. The number of hydrogen-bond donors (Lipinski definition) is 1. The molecule has 0 radical (unpaired) electrons. The first kappa shape index (κ1) is 16.6. The molecule has 0 fully saturated rings. The topological polar surface area (TPSA) is 87.0 Å². The molecule has 1 aliphatic rings. The molecule has 4 rings (SSSR count). The Hall–Kier alpha value is -2.89. The third-order valence-corrected chi connectivity index (χ3v) is 5.59. The van der Waals surface area contributed by atoms with Crippen molar-refractivity contribution in [2.24, 2.45) is 0 Å². The molecule has 0 unspecified atom stereocenters. The van der Waals surface area contributed by atoms with E-state index >= 15 is 0 Å². The smallest absolute Gasteiger partial charge is 0.274 e. The van der Waals surface area contributed by atoms with Gasteiger partial charge in [-0.1, -0.05) is 18.2 Å². The minimum absolute atomic E-state index is 0.136. The summed E-state index contributed by atoms with van der Waals surface area (Å²) in [7, 11) is 0. The van der Waals surface area contributed by atoms with Crippen LogP contribution in [-0.2, 0) is 19.4 Å². The van der Waals surface area contributed by atoms with E-state index in [0.717, 1.165) is 59.4 Å². The van der Waals surface area contributed by atoms with Crippen LogP contribution in [0.5, 0.6) is 0 Å². The van der Waals surface area contributed by atoms with Crippen molar-refractivity contribution >= 4 is 22.4 Å². The Morgan fingerprint density at radius 1 is 1.23 bits per heavy atom. The lowest BCUT2D eigenvalue weighted by atomic mass is 9.93. The second-order valence-corrected chi connectivity index (χ2v) is 7.04. The lowest BCUT2D eigenvalue weighted by molar-refractivity contribution is -0.385. The van der Waals surface area contributed by atoms with Crippen molar-refractivity contribution in [2.75, 3.05) is 5.73 Å². The number of nitrogen functional groups attached to an aromatic ring is 1. The number of nitrogens with two attached hydrogens (primary N) is 1. The second kappa shape index (κ2) is 6.12. The Kier molecular flexibility index (Phi) is 3.90. The van der Waals surface area contributed by atoms with E-state index in [0.29, 0.717) is 12.1 Å². The van der Waals surface area contributed by atoms with Gasteiger partial charge in [-0.3, -0.25) is 10.1 Å². The highest BCUT2D eigenvalue weighted by Gasteiger charge is 2.23. The Balaban J connectivity index is 1.93. The number of hydrogen-bond acceptors (Lipinski definition) is 4. The number of aromatic nitrogens is 2. The van der Waals surface area contributed by atoms with Crippen LogP contribution in [0.1, 0.15) is 40.9 Å². The third-order valence-electron chi connectivity index (χ3n) is 5.59. The van der Waals surface area contributed by atoms with Gasteiger partial charge in [0.15, 0.2) is 0 Å². The first-order chi connectivity index (χ1) is 12.5. The van der Waals surface area contributed by atoms with Crippen molar-refractivity contribution in [3.63, 3.8) is 0 Å². The summed E-state index contributed by atoms with van der Waals surface area (Å²) in [5, 5.41) is 12.4. The van der Waals surface area contributed by atoms with E-state index < -0.39 is 0 Å². The SMILES string of the molecule is Cc1c(C)n(Cc2ccccc2[N+](=O)[O-])c2nc3c(c(N)c12)CCCC3. The van der Waals surface area contributed by atoms with Gasteiger partial charge >= 0.3 is 0 Å². The third kappa shape index (κ3) is 2.44. The van der Waals surface area contributed by atoms with Crippen LogP contribution < -0.4 is 5.73 Å². The van der Waals surface area contributed by atoms with E-state index in [1.54, 1.807) is 18.2 Å². The number of nitrogens with zero attached hydrogens (tertiary/aromatic N) is 3.